The molecule has 0 bridgehead atoms. The molecule has 94 valence electrons. The third kappa shape index (κ3) is 2.66. The van der Waals surface area contributed by atoms with E-state index in [4.69, 9.17) is 11.6 Å². The molecule has 0 aliphatic heterocycles. The lowest BCUT2D eigenvalue weighted by atomic mass is 9.95. The fourth-order valence-electron chi connectivity index (χ4n) is 2.50. The van der Waals surface area contributed by atoms with Gasteiger partial charge in [-0.2, -0.15) is 0 Å². The summed E-state index contributed by atoms with van der Waals surface area (Å²) < 4.78 is 23.6. The van der Waals surface area contributed by atoms with E-state index in [-0.39, 0.29) is 0 Å². The monoisotopic (exact) mass is 272 g/mol. The molecule has 0 saturated heterocycles. The van der Waals surface area contributed by atoms with Crippen LogP contribution in [0.4, 0.5) is 0 Å². The molecule has 0 spiro atoms. The van der Waals surface area contributed by atoms with Gasteiger partial charge in [-0.3, -0.25) is 0 Å². The smallest absolute Gasteiger partial charge is 0.175 e. The Morgan fingerprint density at radius 2 is 1.82 bits per heavy atom. The molecular weight excluding hydrogens is 256 g/mol. The van der Waals surface area contributed by atoms with Crippen LogP contribution < -0.4 is 0 Å². The quantitative estimate of drug-likeness (QED) is 0.729. The zero-order valence-electron chi connectivity index (χ0n) is 10.2. The summed E-state index contributed by atoms with van der Waals surface area (Å²) in [6.45, 7) is 1.97. The highest BCUT2D eigenvalue weighted by atomic mass is 35.5. The van der Waals surface area contributed by atoms with Crippen LogP contribution in [0.25, 0.3) is 0 Å². The van der Waals surface area contributed by atoms with Crippen molar-refractivity contribution in [2.45, 2.75) is 39.0 Å². The van der Waals surface area contributed by atoms with E-state index in [1.165, 1.54) is 24.7 Å². The van der Waals surface area contributed by atoms with Crippen LogP contribution in [0.1, 0.15) is 39.0 Å². The van der Waals surface area contributed by atoms with Crippen molar-refractivity contribution in [3.63, 3.8) is 0 Å². The molecule has 1 saturated carbocycles. The van der Waals surface area contributed by atoms with Crippen molar-refractivity contribution < 1.29 is 8.42 Å². The maximum atomic E-state index is 11.8. The zero-order chi connectivity index (χ0) is 12.6. The van der Waals surface area contributed by atoms with Crippen LogP contribution in [-0.4, -0.2) is 14.7 Å². The van der Waals surface area contributed by atoms with E-state index >= 15 is 0 Å². The molecule has 2 rings (SSSR count). The summed E-state index contributed by atoms with van der Waals surface area (Å²) in [5.41, 5.74) is 3.38. The van der Waals surface area contributed by atoms with Crippen molar-refractivity contribution in [3.8, 4) is 0 Å². The Kier molecular flexibility index (Phi) is 3.50. The summed E-state index contributed by atoms with van der Waals surface area (Å²) in [5, 5.41) is 0.577. The number of hydrogen-bond acceptors (Lipinski definition) is 2. The van der Waals surface area contributed by atoms with Gasteiger partial charge < -0.3 is 0 Å². The average Bonchev–Trinajstić information content (AvgIpc) is 2.73. The fourth-order valence-corrected chi connectivity index (χ4v) is 3.73. The van der Waals surface area contributed by atoms with Gasteiger partial charge >= 0.3 is 0 Å². The highest BCUT2D eigenvalue weighted by Crippen LogP contribution is 2.39. The first-order valence-electron chi connectivity index (χ1n) is 5.88. The van der Waals surface area contributed by atoms with Crippen LogP contribution in [0.15, 0.2) is 32.7 Å². The van der Waals surface area contributed by atoms with Crippen molar-refractivity contribution in [2.75, 3.05) is 6.26 Å². The van der Waals surface area contributed by atoms with E-state index in [0.717, 1.165) is 24.0 Å². The van der Waals surface area contributed by atoms with Gasteiger partial charge in [-0.1, -0.05) is 22.7 Å². The Hall–Kier alpha value is -0.540. The molecular formula is C13H17ClO2S. The molecule has 2 aliphatic carbocycles. The van der Waals surface area contributed by atoms with Crippen LogP contribution >= 0.6 is 11.6 Å². The topological polar surface area (TPSA) is 34.1 Å². The second-order valence-corrected chi connectivity index (χ2v) is 7.27. The third-order valence-corrected chi connectivity index (χ3v) is 5.03. The standard InChI is InChI=1S/C13H17ClO2S/c1-9-7-11(10-5-3-4-6-10)13(8-12(9)14)17(2,15)16/h8H,3-7H2,1-2H3. The molecule has 0 aromatic heterocycles. The Morgan fingerprint density at radius 1 is 1.24 bits per heavy atom. The molecule has 0 radical (unpaired) electrons. The molecule has 0 atom stereocenters. The van der Waals surface area contributed by atoms with Gasteiger partial charge in [-0.05, 0) is 50.7 Å². The molecule has 4 heteroatoms. The van der Waals surface area contributed by atoms with Crippen LogP contribution in [0.5, 0.6) is 0 Å². The summed E-state index contributed by atoms with van der Waals surface area (Å²) >= 11 is 6.06. The van der Waals surface area contributed by atoms with Crippen molar-refractivity contribution >= 4 is 21.4 Å². The first kappa shape index (κ1) is 12.9. The predicted molar refractivity (Wildman–Crippen MR) is 71.6 cm³/mol. The molecule has 2 nitrogen and oxygen atoms in total. The number of hydrogen-bond donors (Lipinski definition) is 0. The molecule has 0 aromatic carbocycles. The Balaban J connectivity index is 2.55. The Bertz CT molecular complexity index is 528. The molecule has 0 N–H and O–H groups in total. The molecule has 0 aromatic rings. The predicted octanol–water partition coefficient (Wildman–Crippen LogP) is 3.70. The van der Waals surface area contributed by atoms with E-state index in [2.05, 4.69) is 0 Å². The molecule has 0 unspecified atom stereocenters. The summed E-state index contributed by atoms with van der Waals surface area (Å²) in [6, 6.07) is 0. The number of sulfone groups is 1. The number of halogens is 1. The Morgan fingerprint density at radius 3 is 2.35 bits per heavy atom. The highest BCUT2D eigenvalue weighted by Gasteiger charge is 2.25. The van der Waals surface area contributed by atoms with E-state index in [0.29, 0.717) is 16.4 Å². The van der Waals surface area contributed by atoms with Gasteiger partial charge in [0.1, 0.15) is 0 Å². The van der Waals surface area contributed by atoms with Crippen molar-refractivity contribution in [3.05, 3.63) is 32.7 Å². The van der Waals surface area contributed by atoms with Crippen molar-refractivity contribution in [1.82, 2.24) is 0 Å². The molecule has 2 aliphatic rings. The third-order valence-electron chi connectivity index (χ3n) is 3.44. The van der Waals surface area contributed by atoms with Gasteiger partial charge in [-0.15, -0.1) is 0 Å². The van der Waals surface area contributed by atoms with E-state index in [1.54, 1.807) is 6.08 Å². The Labute approximate surface area is 108 Å². The van der Waals surface area contributed by atoms with Gasteiger partial charge in [0.05, 0.1) is 4.91 Å². The van der Waals surface area contributed by atoms with Crippen molar-refractivity contribution in [2.24, 2.45) is 0 Å². The molecule has 0 heterocycles. The maximum absolute atomic E-state index is 11.8. The minimum absolute atomic E-state index is 0.435. The van der Waals surface area contributed by atoms with E-state index < -0.39 is 9.84 Å². The first-order chi connectivity index (χ1) is 7.89. The largest absolute Gasteiger partial charge is 0.224 e. The zero-order valence-corrected chi connectivity index (χ0v) is 11.8. The summed E-state index contributed by atoms with van der Waals surface area (Å²) in [5.74, 6) is 0. The van der Waals surface area contributed by atoms with E-state index in [1.807, 2.05) is 6.92 Å². The minimum atomic E-state index is -3.18. The summed E-state index contributed by atoms with van der Waals surface area (Å²) in [6.07, 6.45) is 7.99. The normalized spacial score (nSPS) is 22.2. The summed E-state index contributed by atoms with van der Waals surface area (Å²) in [4.78, 5) is 0.435. The average molecular weight is 273 g/mol. The van der Waals surface area contributed by atoms with Gasteiger partial charge in [0.25, 0.3) is 0 Å². The van der Waals surface area contributed by atoms with Gasteiger partial charge in [0.2, 0.25) is 0 Å². The SMILES string of the molecule is CC1=C(Cl)C=C(S(C)(=O)=O)C(=C2CCCC2)C1. The van der Waals surface area contributed by atoms with Crippen LogP contribution in [-0.2, 0) is 9.84 Å². The maximum Gasteiger partial charge on any atom is 0.175 e. The number of allylic oxidation sites excluding steroid dienone is 5. The van der Waals surface area contributed by atoms with E-state index in [9.17, 15) is 8.42 Å². The lowest BCUT2D eigenvalue weighted by molar-refractivity contribution is 0.607. The van der Waals surface area contributed by atoms with Crippen LogP contribution in [0, 0.1) is 0 Å². The lowest BCUT2D eigenvalue weighted by Gasteiger charge is -2.19. The van der Waals surface area contributed by atoms with Gasteiger partial charge in [-0.25, -0.2) is 8.42 Å². The second-order valence-electron chi connectivity index (χ2n) is 4.88. The molecule has 0 amide bonds. The van der Waals surface area contributed by atoms with Crippen LogP contribution in [0.3, 0.4) is 0 Å². The van der Waals surface area contributed by atoms with Crippen LogP contribution in [0.2, 0.25) is 0 Å². The highest BCUT2D eigenvalue weighted by molar-refractivity contribution is 7.94. The lowest BCUT2D eigenvalue weighted by Crippen LogP contribution is -2.10. The first-order valence-corrected chi connectivity index (χ1v) is 8.15. The number of rotatable bonds is 1. The second kappa shape index (κ2) is 4.62. The minimum Gasteiger partial charge on any atom is -0.224 e. The fraction of sp³-hybridized carbons (Fsp3) is 0.538. The molecule has 1 fully saturated rings. The van der Waals surface area contributed by atoms with Gasteiger partial charge in [0, 0.05) is 11.3 Å². The summed E-state index contributed by atoms with van der Waals surface area (Å²) in [7, 11) is -3.18. The van der Waals surface area contributed by atoms with Crippen molar-refractivity contribution in [1.29, 1.82) is 0 Å². The van der Waals surface area contributed by atoms with Gasteiger partial charge in [0.15, 0.2) is 9.84 Å². The molecule has 17 heavy (non-hydrogen) atoms.